The van der Waals surface area contributed by atoms with Gasteiger partial charge in [-0.05, 0) is 68.3 Å². The van der Waals surface area contributed by atoms with E-state index in [9.17, 15) is 13.2 Å². The lowest BCUT2D eigenvalue weighted by molar-refractivity contribution is -0.116. The maximum absolute atomic E-state index is 12.2. The molecule has 0 unspecified atom stereocenters. The Morgan fingerprint density at radius 3 is 2.35 bits per heavy atom. The minimum absolute atomic E-state index is 0.0201. The molecule has 0 saturated carbocycles. The first kappa shape index (κ1) is 19.9. The number of nitrogens with one attached hydrogen (secondary N) is 2. The summed E-state index contributed by atoms with van der Waals surface area (Å²) in [7, 11) is -3.66. The first-order valence-corrected chi connectivity index (χ1v) is 9.90. The second-order valence-corrected chi connectivity index (χ2v) is 7.67. The van der Waals surface area contributed by atoms with Crippen molar-refractivity contribution in [1.82, 2.24) is 4.72 Å². The zero-order valence-corrected chi connectivity index (χ0v) is 16.0. The predicted molar refractivity (Wildman–Crippen MR) is 102 cm³/mol. The molecule has 0 radical (unpaired) electrons. The predicted octanol–water partition coefficient (Wildman–Crippen LogP) is 3.01. The first-order valence-electron chi connectivity index (χ1n) is 8.41. The van der Waals surface area contributed by atoms with Crippen molar-refractivity contribution in [3.63, 3.8) is 0 Å². The molecule has 0 aromatic heterocycles. The third-order valence-electron chi connectivity index (χ3n) is 3.88. The van der Waals surface area contributed by atoms with Crippen LogP contribution in [0.5, 0.6) is 5.75 Å². The van der Waals surface area contributed by atoms with Crippen molar-refractivity contribution in [2.75, 3.05) is 18.5 Å². The highest BCUT2D eigenvalue weighted by atomic mass is 32.2. The Bertz CT molecular complexity index is 862. The molecule has 140 valence electrons. The number of ether oxygens (including phenoxy) is 1. The highest BCUT2D eigenvalue weighted by Crippen LogP contribution is 2.16. The van der Waals surface area contributed by atoms with Gasteiger partial charge >= 0.3 is 0 Å². The molecule has 1 amide bonds. The molecule has 2 aromatic carbocycles. The molecule has 2 rings (SSSR count). The van der Waals surface area contributed by atoms with Crippen LogP contribution in [0.3, 0.4) is 0 Å². The third-order valence-corrected chi connectivity index (χ3v) is 5.36. The van der Waals surface area contributed by atoms with Crippen molar-refractivity contribution < 1.29 is 17.9 Å². The van der Waals surface area contributed by atoms with Crippen LogP contribution in [0.15, 0.2) is 47.4 Å². The molecule has 0 aliphatic carbocycles. The van der Waals surface area contributed by atoms with E-state index in [4.69, 9.17) is 4.74 Å². The SMILES string of the molecule is CCOc1ccc(S(=O)(=O)NCCC(=O)Nc2ccc(C)c(C)c2)cc1. The fraction of sp³-hybridized carbons (Fsp3) is 0.316. The summed E-state index contributed by atoms with van der Waals surface area (Å²) in [6.07, 6.45) is 0.0448. The Morgan fingerprint density at radius 2 is 1.73 bits per heavy atom. The largest absolute Gasteiger partial charge is 0.494 e. The van der Waals surface area contributed by atoms with Crippen LogP contribution in [-0.4, -0.2) is 27.5 Å². The van der Waals surface area contributed by atoms with Crippen molar-refractivity contribution in [3.05, 3.63) is 53.6 Å². The Morgan fingerprint density at radius 1 is 1.04 bits per heavy atom. The van der Waals surface area contributed by atoms with Crippen molar-refractivity contribution in [3.8, 4) is 5.75 Å². The lowest BCUT2D eigenvalue weighted by Crippen LogP contribution is -2.27. The van der Waals surface area contributed by atoms with Crippen LogP contribution in [-0.2, 0) is 14.8 Å². The molecule has 0 aliphatic rings. The van der Waals surface area contributed by atoms with Gasteiger partial charge in [0.05, 0.1) is 11.5 Å². The summed E-state index contributed by atoms with van der Waals surface area (Å²) in [6, 6.07) is 11.8. The van der Waals surface area contributed by atoms with Crippen LogP contribution in [0, 0.1) is 13.8 Å². The average Bonchev–Trinajstić information content (AvgIpc) is 2.59. The molecule has 7 heteroatoms. The van der Waals surface area contributed by atoms with Gasteiger partial charge in [-0.1, -0.05) is 6.07 Å². The standard InChI is InChI=1S/C19H24N2O4S/c1-4-25-17-7-9-18(10-8-17)26(23,24)20-12-11-19(22)21-16-6-5-14(2)15(3)13-16/h5-10,13,20H,4,11-12H2,1-3H3,(H,21,22). The molecule has 26 heavy (non-hydrogen) atoms. The van der Waals surface area contributed by atoms with Gasteiger partial charge in [0.2, 0.25) is 15.9 Å². The molecule has 2 N–H and O–H groups in total. The fourth-order valence-corrected chi connectivity index (χ4v) is 3.34. The summed E-state index contributed by atoms with van der Waals surface area (Å²) in [5.74, 6) is 0.363. The molecule has 2 aromatic rings. The normalized spacial score (nSPS) is 11.2. The van der Waals surface area contributed by atoms with E-state index >= 15 is 0 Å². The number of aryl methyl sites for hydroxylation is 2. The van der Waals surface area contributed by atoms with E-state index in [0.717, 1.165) is 11.1 Å². The Labute approximate surface area is 154 Å². The molecule has 0 heterocycles. The minimum Gasteiger partial charge on any atom is -0.494 e. The third kappa shape index (κ3) is 5.57. The second kappa shape index (κ2) is 8.82. The smallest absolute Gasteiger partial charge is 0.240 e. The van der Waals surface area contributed by atoms with Crippen LogP contribution >= 0.6 is 0 Å². The van der Waals surface area contributed by atoms with Crippen molar-refractivity contribution >= 4 is 21.6 Å². The molecule has 0 aliphatic heterocycles. The van der Waals surface area contributed by atoms with E-state index in [2.05, 4.69) is 10.0 Å². The Kier molecular flexibility index (Phi) is 6.76. The number of carbonyl (C=O) groups is 1. The molecule has 6 nitrogen and oxygen atoms in total. The highest BCUT2D eigenvalue weighted by Gasteiger charge is 2.14. The lowest BCUT2D eigenvalue weighted by Gasteiger charge is -2.09. The van der Waals surface area contributed by atoms with Crippen molar-refractivity contribution in [2.24, 2.45) is 0 Å². The number of hydrogen-bond acceptors (Lipinski definition) is 4. The molecule has 0 spiro atoms. The number of hydrogen-bond donors (Lipinski definition) is 2. The lowest BCUT2D eigenvalue weighted by atomic mass is 10.1. The molecule has 0 saturated heterocycles. The van der Waals surface area contributed by atoms with Gasteiger partial charge in [-0.25, -0.2) is 13.1 Å². The van der Waals surface area contributed by atoms with Crippen molar-refractivity contribution in [1.29, 1.82) is 0 Å². The van der Waals surface area contributed by atoms with Crippen LogP contribution in [0.4, 0.5) is 5.69 Å². The Hall–Kier alpha value is -2.38. The van der Waals surface area contributed by atoms with Gasteiger partial charge < -0.3 is 10.1 Å². The molecular formula is C19H24N2O4S. The molecule has 0 atom stereocenters. The van der Waals surface area contributed by atoms with Gasteiger partial charge in [0, 0.05) is 18.7 Å². The summed E-state index contributed by atoms with van der Waals surface area (Å²) in [5, 5.41) is 2.77. The topological polar surface area (TPSA) is 84.5 Å². The van der Waals surface area contributed by atoms with E-state index in [1.54, 1.807) is 12.1 Å². The number of anilines is 1. The molecule has 0 bridgehead atoms. The summed E-state index contributed by atoms with van der Waals surface area (Å²) in [4.78, 5) is 12.1. The summed E-state index contributed by atoms with van der Waals surface area (Å²) >= 11 is 0. The quantitative estimate of drug-likeness (QED) is 0.742. The maximum Gasteiger partial charge on any atom is 0.240 e. The van der Waals surface area contributed by atoms with Gasteiger partial charge in [-0.2, -0.15) is 0 Å². The number of amides is 1. The van der Waals surface area contributed by atoms with Gasteiger partial charge in [0.1, 0.15) is 5.75 Å². The van der Waals surface area contributed by atoms with Crippen molar-refractivity contribution in [2.45, 2.75) is 32.1 Å². The number of carbonyl (C=O) groups excluding carboxylic acids is 1. The maximum atomic E-state index is 12.2. The van der Waals surface area contributed by atoms with E-state index < -0.39 is 10.0 Å². The van der Waals surface area contributed by atoms with Gasteiger partial charge in [-0.15, -0.1) is 0 Å². The number of benzene rings is 2. The highest BCUT2D eigenvalue weighted by molar-refractivity contribution is 7.89. The van der Waals surface area contributed by atoms with E-state index in [1.807, 2.05) is 39.0 Å². The van der Waals surface area contributed by atoms with E-state index in [-0.39, 0.29) is 23.8 Å². The van der Waals surface area contributed by atoms with E-state index in [1.165, 1.54) is 12.1 Å². The fourth-order valence-electron chi connectivity index (χ4n) is 2.31. The summed E-state index contributed by atoms with van der Waals surface area (Å²) in [5.41, 5.74) is 2.93. The second-order valence-electron chi connectivity index (χ2n) is 5.90. The van der Waals surface area contributed by atoms with Gasteiger partial charge in [0.15, 0.2) is 0 Å². The van der Waals surface area contributed by atoms with Gasteiger partial charge in [0.25, 0.3) is 0 Å². The summed E-state index contributed by atoms with van der Waals surface area (Å²) in [6.45, 7) is 6.36. The molecular weight excluding hydrogens is 352 g/mol. The average molecular weight is 376 g/mol. The molecule has 0 fully saturated rings. The van der Waals surface area contributed by atoms with Gasteiger partial charge in [-0.3, -0.25) is 4.79 Å². The number of sulfonamides is 1. The minimum atomic E-state index is -3.66. The van der Waals surface area contributed by atoms with Crippen LogP contribution < -0.4 is 14.8 Å². The Balaban J connectivity index is 1.87. The zero-order valence-electron chi connectivity index (χ0n) is 15.2. The first-order chi connectivity index (χ1) is 12.3. The zero-order chi connectivity index (χ0) is 19.2. The van der Waals surface area contributed by atoms with Crippen LogP contribution in [0.1, 0.15) is 24.5 Å². The van der Waals surface area contributed by atoms with E-state index in [0.29, 0.717) is 18.0 Å². The van der Waals surface area contributed by atoms with Crippen LogP contribution in [0.2, 0.25) is 0 Å². The van der Waals surface area contributed by atoms with Crippen LogP contribution in [0.25, 0.3) is 0 Å². The number of rotatable bonds is 8. The summed E-state index contributed by atoms with van der Waals surface area (Å²) < 4.78 is 32.2. The monoisotopic (exact) mass is 376 g/mol.